The Balaban J connectivity index is 1.79. The Morgan fingerprint density at radius 2 is 1.33 bits per heavy atom. The molecule has 0 unspecified atom stereocenters. The molecule has 0 saturated carbocycles. The van der Waals surface area contributed by atoms with E-state index in [1.165, 1.54) is 18.1 Å². The molecule has 0 saturated heterocycles. The quantitative estimate of drug-likeness (QED) is 0.171. The first kappa shape index (κ1) is 27.0. The van der Waals surface area contributed by atoms with Crippen molar-refractivity contribution in [3.8, 4) is 23.0 Å². The molecule has 3 rings (SSSR count). The molecule has 0 N–H and O–H groups in total. The first-order valence-corrected chi connectivity index (χ1v) is 10.9. The van der Waals surface area contributed by atoms with E-state index >= 15 is 0 Å². The summed E-state index contributed by atoms with van der Waals surface area (Å²) in [6.45, 7) is 1.88. The van der Waals surface area contributed by atoms with Gasteiger partial charge in [-0.1, -0.05) is 30.2 Å². The lowest BCUT2D eigenvalue weighted by atomic mass is 9.97. The van der Waals surface area contributed by atoms with Crippen LogP contribution in [0, 0.1) is 40.9 Å². The smallest absolute Gasteiger partial charge is 0.207 e. The van der Waals surface area contributed by atoms with Gasteiger partial charge in [-0.3, -0.25) is 0 Å². The van der Waals surface area contributed by atoms with E-state index in [4.69, 9.17) is 0 Å². The van der Waals surface area contributed by atoms with Crippen molar-refractivity contribution in [2.75, 3.05) is 0 Å². The van der Waals surface area contributed by atoms with Gasteiger partial charge >= 0.3 is 6.18 Å². The summed E-state index contributed by atoms with van der Waals surface area (Å²) in [5.41, 5.74) is -0.687. The van der Waals surface area contributed by atoms with Gasteiger partial charge in [0.15, 0.2) is 0 Å². The Morgan fingerprint density at radius 3 is 1.89 bits per heavy atom. The topological polar surface area (TPSA) is 0 Å². The van der Waals surface area contributed by atoms with Crippen molar-refractivity contribution in [2.45, 2.75) is 38.8 Å². The lowest BCUT2D eigenvalue weighted by Gasteiger charge is -2.11. The van der Waals surface area contributed by atoms with E-state index in [0.29, 0.717) is 6.42 Å². The second-order valence-corrected chi connectivity index (χ2v) is 8.02. The van der Waals surface area contributed by atoms with Crippen LogP contribution in [0.25, 0.3) is 11.1 Å². The fourth-order valence-electron chi connectivity index (χ4n) is 3.65. The largest absolute Gasteiger partial charge is 0.458 e. The summed E-state index contributed by atoms with van der Waals surface area (Å²) >= 11 is 0. The molecular formula is C28H20F8. The third-order valence-electron chi connectivity index (χ3n) is 5.42. The molecule has 0 atom stereocenters. The van der Waals surface area contributed by atoms with Crippen LogP contribution in [0.3, 0.4) is 0 Å². The van der Waals surface area contributed by atoms with Gasteiger partial charge in [-0.05, 0) is 79.6 Å². The highest BCUT2D eigenvalue weighted by Crippen LogP contribution is 2.29. The second kappa shape index (κ2) is 11.4. The van der Waals surface area contributed by atoms with Crippen molar-refractivity contribution in [2.24, 2.45) is 0 Å². The van der Waals surface area contributed by atoms with Crippen LogP contribution < -0.4 is 0 Å². The van der Waals surface area contributed by atoms with Gasteiger partial charge in [-0.25, -0.2) is 22.0 Å². The molecule has 188 valence electrons. The third-order valence-corrected chi connectivity index (χ3v) is 5.42. The number of aryl methyl sites for hydroxylation is 2. The zero-order valence-corrected chi connectivity index (χ0v) is 19.0. The number of hydrogen-bond acceptors (Lipinski definition) is 0. The van der Waals surface area contributed by atoms with E-state index in [2.05, 4.69) is 0 Å². The third kappa shape index (κ3) is 6.97. The molecule has 0 aliphatic carbocycles. The van der Waals surface area contributed by atoms with Gasteiger partial charge in [-0.2, -0.15) is 13.2 Å². The van der Waals surface area contributed by atoms with Gasteiger partial charge in [-0.15, -0.1) is 0 Å². The Kier molecular flexibility index (Phi) is 8.57. The maximum atomic E-state index is 14.7. The molecule has 3 aromatic rings. The van der Waals surface area contributed by atoms with Gasteiger partial charge in [0.2, 0.25) is 0 Å². The molecule has 3 aromatic carbocycles. The number of halogens is 8. The van der Waals surface area contributed by atoms with Crippen LogP contribution >= 0.6 is 0 Å². The lowest BCUT2D eigenvalue weighted by Crippen LogP contribution is -2.04. The summed E-state index contributed by atoms with van der Waals surface area (Å²) < 4.78 is 109. The Bertz CT molecular complexity index is 1290. The summed E-state index contributed by atoms with van der Waals surface area (Å²) in [4.78, 5) is 0. The highest BCUT2D eigenvalue weighted by molar-refractivity contribution is 5.65. The molecule has 0 aliphatic rings. The molecule has 0 bridgehead atoms. The van der Waals surface area contributed by atoms with E-state index in [1.807, 2.05) is 19.1 Å². The number of rotatable bonds is 7. The van der Waals surface area contributed by atoms with Crippen molar-refractivity contribution in [3.63, 3.8) is 0 Å². The van der Waals surface area contributed by atoms with Gasteiger partial charge in [0.1, 0.15) is 29.1 Å². The molecule has 0 aliphatic heterocycles. The Morgan fingerprint density at radius 1 is 0.722 bits per heavy atom. The van der Waals surface area contributed by atoms with Crippen molar-refractivity contribution in [1.82, 2.24) is 0 Å². The van der Waals surface area contributed by atoms with Crippen LogP contribution in [0.15, 0.2) is 54.6 Å². The van der Waals surface area contributed by atoms with Crippen LogP contribution in [0.1, 0.15) is 35.6 Å². The van der Waals surface area contributed by atoms with Crippen molar-refractivity contribution < 1.29 is 35.1 Å². The van der Waals surface area contributed by atoms with E-state index in [9.17, 15) is 35.1 Å². The molecule has 0 nitrogen and oxygen atoms in total. The number of allylic oxidation sites excluding steroid dienone is 2. The van der Waals surface area contributed by atoms with Crippen molar-refractivity contribution in [3.05, 3.63) is 106 Å². The van der Waals surface area contributed by atoms with Crippen molar-refractivity contribution in [1.29, 1.82) is 0 Å². The van der Waals surface area contributed by atoms with Crippen LogP contribution in [-0.4, -0.2) is 6.18 Å². The molecule has 36 heavy (non-hydrogen) atoms. The summed E-state index contributed by atoms with van der Waals surface area (Å²) in [6.07, 6.45) is -0.261. The average molecular weight is 508 g/mol. The summed E-state index contributed by atoms with van der Waals surface area (Å²) in [5, 5.41) is 0. The monoisotopic (exact) mass is 508 g/mol. The molecule has 0 amide bonds. The number of hydrogen-bond donors (Lipinski definition) is 0. The highest BCUT2D eigenvalue weighted by Gasteiger charge is 2.23. The van der Waals surface area contributed by atoms with Crippen LogP contribution in [0.4, 0.5) is 35.1 Å². The summed E-state index contributed by atoms with van der Waals surface area (Å²) in [7, 11) is 0. The average Bonchev–Trinajstić information content (AvgIpc) is 2.77. The first-order chi connectivity index (χ1) is 17.0. The van der Waals surface area contributed by atoms with Gasteiger partial charge in [0.25, 0.3) is 0 Å². The maximum Gasteiger partial charge on any atom is 0.458 e. The zero-order valence-electron chi connectivity index (χ0n) is 19.0. The SMILES string of the molecule is C/C=C/CCc1ccc(-c2cc(F)c(CCc3cc(F)c(C#CC(F)(F)F)c(F)c3)c(F)c2)c(F)c1. The minimum absolute atomic E-state index is 0.00376. The number of benzene rings is 3. The molecule has 0 radical (unpaired) electrons. The predicted octanol–water partition coefficient (Wildman–Crippen LogP) is 8.26. The van der Waals surface area contributed by atoms with Crippen LogP contribution in [-0.2, 0) is 19.3 Å². The normalized spacial score (nSPS) is 11.6. The van der Waals surface area contributed by atoms with E-state index in [-0.39, 0.29) is 35.1 Å². The van der Waals surface area contributed by atoms with Crippen molar-refractivity contribution >= 4 is 0 Å². The predicted molar refractivity (Wildman–Crippen MR) is 122 cm³/mol. The summed E-state index contributed by atoms with van der Waals surface area (Å²) in [5.74, 6) is -2.99. The minimum Gasteiger partial charge on any atom is -0.207 e. The standard InChI is InChI=1S/C28H20F8/c1-2-3-4-5-17-6-8-20(23(29)12-17)19-15-26(32)21(27(33)16-19)9-7-18-13-24(30)22(25(31)14-18)10-11-28(34,35)36/h2-3,6,8,12-16H,4-5,7,9H2,1H3/b3-2+. The van der Waals surface area contributed by atoms with Crippen LogP contribution in [0.5, 0.6) is 0 Å². The minimum atomic E-state index is -4.92. The molecule has 0 heterocycles. The van der Waals surface area contributed by atoms with E-state index < -0.39 is 40.8 Å². The van der Waals surface area contributed by atoms with E-state index in [1.54, 1.807) is 6.07 Å². The Labute approximate surface area is 203 Å². The molecule has 0 spiro atoms. The molecule has 8 heteroatoms. The van der Waals surface area contributed by atoms with Gasteiger partial charge in [0, 0.05) is 17.0 Å². The maximum absolute atomic E-state index is 14.7. The molecule has 0 aromatic heterocycles. The van der Waals surface area contributed by atoms with E-state index in [0.717, 1.165) is 42.2 Å². The van der Waals surface area contributed by atoms with Gasteiger partial charge in [0.05, 0.1) is 5.56 Å². The zero-order chi connectivity index (χ0) is 26.5. The molecule has 0 fully saturated rings. The summed E-state index contributed by atoms with van der Waals surface area (Å²) in [6, 6.07) is 7.93. The second-order valence-electron chi connectivity index (χ2n) is 8.02. The van der Waals surface area contributed by atoms with Crippen LogP contribution in [0.2, 0.25) is 0 Å². The first-order valence-electron chi connectivity index (χ1n) is 10.9. The fraction of sp³-hybridized carbons (Fsp3) is 0.214. The highest BCUT2D eigenvalue weighted by atomic mass is 19.4. The molecular weight excluding hydrogens is 488 g/mol. The van der Waals surface area contributed by atoms with Gasteiger partial charge < -0.3 is 0 Å². The number of alkyl halides is 3. The lowest BCUT2D eigenvalue weighted by molar-refractivity contribution is -0.0696. The fourth-order valence-corrected chi connectivity index (χ4v) is 3.65. The Hall–Kier alpha value is -3.60.